The molecule has 6 heteroatoms. The lowest BCUT2D eigenvalue weighted by molar-refractivity contribution is 0.102. The average Bonchev–Trinajstić information content (AvgIpc) is 2.28. The van der Waals surface area contributed by atoms with Crippen LogP contribution in [0.1, 0.15) is 15.9 Å². The lowest BCUT2D eigenvalue weighted by atomic mass is 10.0. The van der Waals surface area contributed by atoms with E-state index in [4.69, 9.17) is 11.6 Å². The second-order valence-corrected chi connectivity index (χ2v) is 4.12. The Kier molecular flexibility index (Phi) is 5.62. The first kappa shape index (κ1) is 13.3. The Morgan fingerprint density at radius 3 is 2.75 bits per heavy atom. The molecule has 0 spiro atoms. The van der Waals surface area contributed by atoms with E-state index in [-0.39, 0.29) is 18.2 Å². The minimum absolute atomic E-state index is 0.0715. The third-order valence-corrected chi connectivity index (χ3v) is 2.74. The molecule has 4 nitrogen and oxygen atoms in total. The van der Waals surface area contributed by atoms with Crippen LogP contribution in [0.3, 0.4) is 0 Å². The topological polar surface area (TPSA) is 69.2 Å². The summed E-state index contributed by atoms with van der Waals surface area (Å²) in [5.41, 5.74) is 1.35. The average molecular weight is 261 g/mol. The van der Waals surface area contributed by atoms with Crippen LogP contribution in [0.15, 0.2) is 24.3 Å². The molecule has 0 heterocycles. The van der Waals surface area contributed by atoms with Crippen LogP contribution in [0.4, 0.5) is 0 Å². The van der Waals surface area contributed by atoms with Gasteiger partial charge in [0, 0.05) is 23.4 Å². The van der Waals surface area contributed by atoms with Crippen molar-refractivity contribution in [2.45, 2.75) is 6.42 Å². The van der Waals surface area contributed by atoms with Crippen molar-refractivity contribution in [2.75, 3.05) is 12.4 Å². The van der Waals surface area contributed by atoms with Crippen LogP contribution in [-0.4, -0.2) is 27.0 Å². The summed E-state index contributed by atoms with van der Waals surface area (Å²) in [6.45, 7) is 0.267. The zero-order chi connectivity index (χ0) is 12.0. The Balaban J connectivity index is 2.71. The van der Waals surface area contributed by atoms with Crippen LogP contribution >= 0.6 is 11.6 Å². The number of carbonyl (C=O) groups excluding carboxylic acids is 1. The third-order valence-electron chi connectivity index (χ3n) is 2.05. The molecule has 0 saturated carbocycles. The fourth-order valence-corrected chi connectivity index (χ4v) is 1.76. The Morgan fingerprint density at radius 2 is 2.12 bits per heavy atom. The number of halogens is 1. The van der Waals surface area contributed by atoms with Gasteiger partial charge in [-0.3, -0.25) is 9.00 Å². The van der Waals surface area contributed by atoms with Gasteiger partial charge in [-0.05, 0) is 12.0 Å². The van der Waals surface area contributed by atoms with Crippen molar-refractivity contribution in [3.63, 3.8) is 0 Å². The molecule has 1 unspecified atom stereocenters. The van der Waals surface area contributed by atoms with E-state index in [9.17, 15) is 13.6 Å². The Bertz CT molecular complexity index is 397. The van der Waals surface area contributed by atoms with E-state index in [1.165, 1.54) is 0 Å². The number of hydrogen-bond acceptors (Lipinski definition) is 3. The van der Waals surface area contributed by atoms with E-state index in [1.807, 2.05) is 0 Å². The third kappa shape index (κ3) is 4.02. The fourth-order valence-electron chi connectivity index (χ4n) is 1.35. The van der Waals surface area contributed by atoms with E-state index in [2.05, 4.69) is 4.72 Å². The number of alkyl halides is 1. The molecule has 1 aromatic rings. The van der Waals surface area contributed by atoms with Crippen molar-refractivity contribution in [3.05, 3.63) is 35.4 Å². The molecular formula is C10H11ClNO3S-. The molecule has 1 N–H and O–H groups in total. The highest BCUT2D eigenvalue weighted by atomic mass is 35.5. The van der Waals surface area contributed by atoms with Gasteiger partial charge in [0.05, 0.1) is 5.88 Å². The summed E-state index contributed by atoms with van der Waals surface area (Å²) >= 11 is 3.21. The van der Waals surface area contributed by atoms with Gasteiger partial charge in [0.15, 0.2) is 5.78 Å². The van der Waals surface area contributed by atoms with Crippen molar-refractivity contribution in [1.29, 1.82) is 0 Å². The summed E-state index contributed by atoms with van der Waals surface area (Å²) in [7, 11) is 0. The minimum atomic E-state index is -2.27. The van der Waals surface area contributed by atoms with Gasteiger partial charge in [0.1, 0.15) is 0 Å². The molecule has 16 heavy (non-hydrogen) atoms. The minimum Gasteiger partial charge on any atom is -0.760 e. The van der Waals surface area contributed by atoms with Crippen molar-refractivity contribution in [3.8, 4) is 0 Å². The molecule has 0 fully saturated rings. The second kappa shape index (κ2) is 6.75. The molecule has 1 rings (SSSR count). The Morgan fingerprint density at radius 1 is 1.44 bits per heavy atom. The van der Waals surface area contributed by atoms with Crippen LogP contribution in [0.5, 0.6) is 0 Å². The molecule has 0 amide bonds. The molecule has 0 bridgehead atoms. The van der Waals surface area contributed by atoms with E-state index in [0.29, 0.717) is 12.0 Å². The number of rotatable bonds is 6. The van der Waals surface area contributed by atoms with Gasteiger partial charge in [0.25, 0.3) is 0 Å². The van der Waals surface area contributed by atoms with Gasteiger partial charge in [-0.2, -0.15) is 0 Å². The predicted molar refractivity (Wildman–Crippen MR) is 62.1 cm³/mol. The summed E-state index contributed by atoms with van der Waals surface area (Å²) in [4.78, 5) is 11.5. The predicted octanol–water partition coefficient (Wildman–Crippen LogP) is 1.03. The number of nitrogens with one attached hydrogen (secondary N) is 1. The lowest BCUT2D eigenvalue weighted by Crippen LogP contribution is -2.20. The van der Waals surface area contributed by atoms with Crippen molar-refractivity contribution in [2.24, 2.45) is 0 Å². The number of carbonyl (C=O) groups is 1. The summed E-state index contributed by atoms with van der Waals surface area (Å²) in [6, 6.07) is 7.03. The molecule has 0 radical (unpaired) electrons. The van der Waals surface area contributed by atoms with Gasteiger partial charge >= 0.3 is 0 Å². The van der Waals surface area contributed by atoms with Crippen LogP contribution in [0, 0.1) is 0 Å². The summed E-state index contributed by atoms with van der Waals surface area (Å²) in [6.07, 6.45) is 0.465. The first-order valence-corrected chi connectivity index (χ1v) is 6.26. The molecule has 1 aromatic carbocycles. The number of Topliss-reactive ketones (excluding diaryl/α,β-unsaturated/α-hetero) is 1. The number of ketones is 1. The van der Waals surface area contributed by atoms with Crippen molar-refractivity contribution in [1.82, 2.24) is 4.72 Å². The summed E-state index contributed by atoms with van der Waals surface area (Å²) < 4.78 is 22.8. The zero-order valence-electron chi connectivity index (χ0n) is 8.44. The van der Waals surface area contributed by atoms with Gasteiger partial charge in [-0.15, -0.1) is 11.6 Å². The molecular weight excluding hydrogens is 250 g/mol. The maximum atomic E-state index is 11.5. The van der Waals surface area contributed by atoms with Gasteiger partial charge in [-0.1, -0.05) is 24.3 Å². The SMILES string of the molecule is O=C(CCl)c1ccccc1CCNS(=O)[O-]. The largest absolute Gasteiger partial charge is 0.760 e. The number of benzene rings is 1. The molecule has 0 aliphatic carbocycles. The lowest BCUT2D eigenvalue weighted by Gasteiger charge is -2.09. The monoisotopic (exact) mass is 260 g/mol. The van der Waals surface area contributed by atoms with Gasteiger partial charge in [-0.25, -0.2) is 4.72 Å². The summed E-state index contributed by atoms with van der Waals surface area (Å²) in [5.74, 6) is -0.224. The molecule has 0 aliphatic heterocycles. The fraction of sp³-hybridized carbons (Fsp3) is 0.300. The van der Waals surface area contributed by atoms with Gasteiger partial charge in [0.2, 0.25) is 0 Å². The molecule has 1 atom stereocenters. The van der Waals surface area contributed by atoms with E-state index < -0.39 is 11.3 Å². The Labute approximate surface area is 101 Å². The summed E-state index contributed by atoms with van der Waals surface area (Å²) in [5, 5.41) is 0. The van der Waals surface area contributed by atoms with Gasteiger partial charge < -0.3 is 4.55 Å². The standard InChI is InChI=1S/C10H12ClNO3S/c11-7-10(13)9-4-2-1-3-8(9)5-6-12-16(14)15/h1-4,12H,5-7H2,(H,14,15)/p-1. The van der Waals surface area contributed by atoms with Crippen LogP contribution in [0.2, 0.25) is 0 Å². The molecule has 0 saturated heterocycles. The quantitative estimate of drug-likeness (QED) is 0.472. The highest BCUT2D eigenvalue weighted by Crippen LogP contribution is 2.10. The van der Waals surface area contributed by atoms with Crippen LogP contribution < -0.4 is 4.72 Å². The first-order valence-electron chi connectivity index (χ1n) is 4.65. The highest BCUT2D eigenvalue weighted by Gasteiger charge is 2.08. The molecule has 88 valence electrons. The van der Waals surface area contributed by atoms with E-state index in [1.54, 1.807) is 24.3 Å². The van der Waals surface area contributed by atoms with Crippen LogP contribution in [0.25, 0.3) is 0 Å². The van der Waals surface area contributed by atoms with E-state index in [0.717, 1.165) is 5.56 Å². The smallest absolute Gasteiger partial charge is 0.177 e. The maximum absolute atomic E-state index is 11.5. The molecule has 0 aliphatic rings. The first-order chi connectivity index (χ1) is 7.65. The van der Waals surface area contributed by atoms with E-state index >= 15 is 0 Å². The van der Waals surface area contributed by atoms with Crippen molar-refractivity contribution < 1.29 is 13.6 Å². The van der Waals surface area contributed by atoms with Crippen LogP contribution in [-0.2, 0) is 17.7 Å². The molecule has 0 aromatic heterocycles. The zero-order valence-corrected chi connectivity index (χ0v) is 10.0. The Hall–Kier alpha value is -0.750. The highest BCUT2D eigenvalue weighted by molar-refractivity contribution is 7.77. The maximum Gasteiger partial charge on any atom is 0.177 e. The second-order valence-electron chi connectivity index (χ2n) is 3.09. The number of hydrogen-bond donors (Lipinski definition) is 1. The normalized spacial score (nSPS) is 12.4. The van der Waals surface area contributed by atoms with Crippen molar-refractivity contribution >= 4 is 28.7 Å².